The molecule has 0 atom stereocenters. The number of nitrogens with zero attached hydrogens (tertiary/aromatic N) is 4. The van der Waals surface area contributed by atoms with E-state index in [-0.39, 0.29) is 0 Å². The van der Waals surface area contributed by atoms with Gasteiger partial charge in [0, 0.05) is 11.3 Å². The first-order chi connectivity index (χ1) is 15.3. The second-order valence-electron chi connectivity index (χ2n) is 8.18. The first-order valence-corrected chi connectivity index (χ1v) is 10.7. The predicted octanol–water partition coefficient (Wildman–Crippen LogP) is 5.26. The highest BCUT2D eigenvalue weighted by Gasteiger charge is 2.12. The van der Waals surface area contributed by atoms with Crippen molar-refractivity contribution in [2.24, 2.45) is 0 Å². The first-order valence-electron chi connectivity index (χ1n) is 10.7. The molecule has 0 aliphatic rings. The van der Waals surface area contributed by atoms with Crippen molar-refractivity contribution in [2.75, 3.05) is 18.5 Å². The van der Waals surface area contributed by atoms with E-state index in [0.717, 1.165) is 51.0 Å². The highest BCUT2D eigenvalue weighted by atomic mass is 16.5. The second-order valence-corrected chi connectivity index (χ2v) is 8.18. The third kappa shape index (κ3) is 4.37. The van der Waals surface area contributed by atoms with E-state index >= 15 is 0 Å². The van der Waals surface area contributed by atoms with Crippen molar-refractivity contribution in [3.05, 3.63) is 70.2 Å². The number of anilines is 1. The van der Waals surface area contributed by atoms with Gasteiger partial charge in [0.05, 0.1) is 6.54 Å². The lowest BCUT2D eigenvalue weighted by Crippen LogP contribution is -2.16. The van der Waals surface area contributed by atoms with E-state index in [1.807, 2.05) is 45.9 Å². The lowest BCUT2D eigenvalue weighted by atomic mass is 10.1. The number of nitrogens with one attached hydrogen (secondary N) is 1. The van der Waals surface area contributed by atoms with Gasteiger partial charge in [-0.2, -0.15) is 14.6 Å². The summed E-state index contributed by atoms with van der Waals surface area (Å²) in [6, 6.07) is 10.2. The molecule has 7 nitrogen and oxygen atoms in total. The van der Waals surface area contributed by atoms with Crippen LogP contribution in [0.3, 0.4) is 0 Å². The maximum Gasteiger partial charge on any atom is 0.254 e. The Morgan fingerprint density at radius 1 is 0.938 bits per heavy atom. The number of ether oxygens (including phenoxy) is 2. The molecule has 0 saturated heterocycles. The van der Waals surface area contributed by atoms with Gasteiger partial charge in [-0.15, -0.1) is 0 Å². The number of fused-ring (bicyclic) bond motifs is 1. The van der Waals surface area contributed by atoms with Crippen LogP contribution in [0.15, 0.2) is 36.7 Å². The maximum atomic E-state index is 6.13. The van der Waals surface area contributed by atoms with E-state index in [1.165, 1.54) is 11.9 Å². The van der Waals surface area contributed by atoms with Crippen LogP contribution in [0.1, 0.15) is 33.5 Å². The normalized spacial score (nSPS) is 11.1. The fourth-order valence-electron chi connectivity index (χ4n) is 3.80. The molecule has 0 saturated carbocycles. The average Bonchev–Trinajstić information content (AvgIpc) is 3.19. The Balaban J connectivity index is 1.42. The molecule has 4 aromatic rings. The van der Waals surface area contributed by atoms with Crippen LogP contribution in [-0.2, 0) is 0 Å². The molecular formula is C25H29N5O2. The van der Waals surface area contributed by atoms with E-state index in [1.54, 1.807) is 4.52 Å². The molecule has 0 radical (unpaired) electrons. The summed E-state index contributed by atoms with van der Waals surface area (Å²) in [5.74, 6) is 4.04. The van der Waals surface area contributed by atoms with Crippen LogP contribution in [0.2, 0.25) is 0 Å². The van der Waals surface area contributed by atoms with Crippen molar-refractivity contribution in [3.63, 3.8) is 0 Å². The highest BCUT2D eigenvalue weighted by Crippen LogP contribution is 2.32. The van der Waals surface area contributed by atoms with Crippen LogP contribution in [0.5, 0.6) is 17.2 Å². The number of benzene rings is 2. The smallest absolute Gasteiger partial charge is 0.254 e. The van der Waals surface area contributed by atoms with Gasteiger partial charge >= 0.3 is 0 Å². The molecule has 0 amide bonds. The molecule has 1 N–H and O–H groups in total. The quantitative estimate of drug-likeness (QED) is 0.403. The molecule has 0 aliphatic carbocycles. The van der Waals surface area contributed by atoms with E-state index in [2.05, 4.69) is 46.4 Å². The lowest BCUT2D eigenvalue weighted by molar-refractivity contribution is 0.327. The third-order valence-electron chi connectivity index (χ3n) is 5.54. The Hall–Kier alpha value is -3.61. The summed E-state index contributed by atoms with van der Waals surface area (Å²) < 4.78 is 14.0. The molecular weight excluding hydrogens is 402 g/mol. The van der Waals surface area contributed by atoms with E-state index < -0.39 is 0 Å². The predicted molar refractivity (Wildman–Crippen MR) is 126 cm³/mol. The van der Waals surface area contributed by atoms with Gasteiger partial charge in [-0.05, 0) is 76.4 Å². The van der Waals surface area contributed by atoms with Gasteiger partial charge in [-0.25, -0.2) is 4.98 Å². The van der Waals surface area contributed by atoms with Crippen LogP contribution < -0.4 is 14.8 Å². The maximum absolute atomic E-state index is 6.13. The molecule has 2 aromatic heterocycles. The molecule has 166 valence electrons. The monoisotopic (exact) mass is 431 g/mol. The summed E-state index contributed by atoms with van der Waals surface area (Å²) in [6.07, 6.45) is 1.51. The molecule has 0 unspecified atom stereocenters. The Morgan fingerprint density at radius 3 is 2.41 bits per heavy atom. The molecule has 0 spiro atoms. The van der Waals surface area contributed by atoms with Crippen molar-refractivity contribution in [1.29, 1.82) is 0 Å². The van der Waals surface area contributed by atoms with E-state index in [9.17, 15) is 0 Å². The Morgan fingerprint density at radius 2 is 1.69 bits per heavy atom. The van der Waals surface area contributed by atoms with Gasteiger partial charge in [0.2, 0.25) is 0 Å². The first kappa shape index (κ1) is 21.6. The van der Waals surface area contributed by atoms with Gasteiger partial charge in [0.25, 0.3) is 5.78 Å². The minimum absolute atomic E-state index is 0.510. The third-order valence-corrected chi connectivity index (χ3v) is 5.54. The van der Waals surface area contributed by atoms with Crippen molar-refractivity contribution >= 4 is 11.6 Å². The fourth-order valence-corrected chi connectivity index (χ4v) is 3.80. The molecule has 4 rings (SSSR count). The highest BCUT2D eigenvalue weighted by molar-refractivity contribution is 5.52. The second kappa shape index (κ2) is 8.86. The zero-order chi connectivity index (χ0) is 22.8. The minimum atomic E-state index is 0.510. The molecule has 0 aliphatic heterocycles. The number of hydrogen-bond donors (Lipinski definition) is 1. The largest absolute Gasteiger partial charge is 0.491 e. The van der Waals surface area contributed by atoms with Crippen LogP contribution in [0.25, 0.3) is 5.78 Å². The lowest BCUT2D eigenvalue weighted by Gasteiger charge is -2.17. The Kier molecular flexibility index (Phi) is 5.99. The van der Waals surface area contributed by atoms with Gasteiger partial charge in [-0.3, -0.25) is 0 Å². The Labute approximate surface area is 188 Å². The molecule has 2 aromatic carbocycles. The topological polar surface area (TPSA) is 73.6 Å². The SMILES string of the molecule is Cc1ccc(Oc2cc(C)c(OCCNc3c(C)c(C)nc4ncnn34)c(C)c2)c(C)c1. The minimum Gasteiger partial charge on any atom is -0.491 e. The summed E-state index contributed by atoms with van der Waals surface area (Å²) >= 11 is 0. The molecule has 0 bridgehead atoms. The van der Waals surface area contributed by atoms with Crippen LogP contribution >= 0.6 is 0 Å². The molecule has 32 heavy (non-hydrogen) atoms. The van der Waals surface area contributed by atoms with E-state index in [0.29, 0.717) is 18.9 Å². The summed E-state index contributed by atoms with van der Waals surface area (Å²) in [7, 11) is 0. The zero-order valence-electron chi connectivity index (χ0n) is 19.5. The number of aryl methyl sites for hydroxylation is 5. The zero-order valence-corrected chi connectivity index (χ0v) is 19.5. The standard InChI is InChI=1S/C25H29N5O2/c1-15-7-8-22(16(2)11-15)32-21-12-17(3)23(18(4)13-21)31-10-9-26-24-19(5)20(6)29-25-27-14-28-30(24)25/h7-8,11-14,26H,9-10H2,1-6H3. The van der Waals surface area contributed by atoms with Crippen molar-refractivity contribution in [1.82, 2.24) is 19.6 Å². The van der Waals surface area contributed by atoms with Crippen LogP contribution in [0.4, 0.5) is 5.82 Å². The number of aromatic nitrogens is 4. The number of rotatable bonds is 7. The Bertz CT molecular complexity index is 1260. The van der Waals surface area contributed by atoms with Crippen LogP contribution in [-0.4, -0.2) is 32.7 Å². The van der Waals surface area contributed by atoms with Gasteiger partial charge in [0.15, 0.2) is 0 Å². The van der Waals surface area contributed by atoms with Crippen molar-refractivity contribution in [3.8, 4) is 17.2 Å². The van der Waals surface area contributed by atoms with Gasteiger partial charge in [0.1, 0.15) is 36.0 Å². The van der Waals surface area contributed by atoms with Gasteiger partial charge < -0.3 is 14.8 Å². The van der Waals surface area contributed by atoms with Gasteiger partial charge in [-0.1, -0.05) is 17.7 Å². The molecule has 2 heterocycles. The summed E-state index contributed by atoms with van der Waals surface area (Å²) in [6.45, 7) is 13.4. The number of hydrogen-bond acceptors (Lipinski definition) is 6. The van der Waals surface area contributed by atoms with Crippen molar-refractivity contribution in [2.45, 2.75) is 41.5 Å². The molecule has 7 heteroatoms. The summed E-state index contributed by atoms with van der Waals surface area (Å²) in [4.78, 5) is 8.63. The summed E-state index contributed by atoms with van der Waals surface area (Å²) in [5, 5.41) is 7.68. The summed E-state index contributed by atoms with van der Waals surface area (Å²) in [5.41, 5.74) is 6.40. The van der Waals surface area contributed by atoms with E-state index in [4.69, 9.17) is 9.47 Å². The average molecular weight is 432 g/mol. The van der Waals surface area contributed by atoms with Crippen LogP contribution in [0, 0.1) is 41.5 Å². The fraction of sp³-hybridized carbons (Fsp3) is 0.320. The molecule has 0 fully saturated rings. The van der Waals surface area contributed by atoms with Crippen molar-refractivity contribution < 1.29 is 9.47 Å².